The molecule has 1 atom stereocenters. The molecule has 0 N–H and O–H groups in total. The molecule has 0 aromatic carbocycles. The van der Waals surface area contributed by atoms with E-state index >= 15 is 0 Å². The van der Waals surface area contributed by atoms with E-state index < -0.39 is 0 Å². The van der Waals surface area contributed by atoms with E-state index in [0.717, 1.165) is 6.61 Å². The first-order valence-corrected chi connectivity index (χ1v) is 3.27. The Morgan fingerprint density at radius 2 is 2.62 bits per heavy atom. The van der Waals surface area contributed by atoms with Crippen molar-refractivity contribution in [3.8, 4) is 0 Å². The summed E-state index contributed by atoms with van der Waals surface area (Å²) in [4.78, 5) is 0. The zero-order valence-electron chi connectivity index (χ0n) is 4.89. The lowest BCUT2D eigenvalue weighted by atomic mass is 10.2. The summed E-state index contributed by atoms with van der Waals surface area (Å²) < 4.78 is 5.38. The van der Waals surface area contributed by atoms with Crippen molar-refractivity contribution in [3.05, 3.63) is 11.6 Å². The van der Waals surface area contributed by atoms with Gasteiger partial charge in [-0.2, -0.15) is 0 Å². The van der Waals surface area contributed by atoms with Gasteiger partial charge in [0.05, 0.1) is 12.7 Å². The van der Waals surface area contributed by atoms with Crippen LogP contribution in [0.1, 0.15) is 19.3 Å². The molecule has 44 valence electrons. The average molecular weight is 110 g/mol. The second-order valence-corrected chi connectivity index (χ2v) is 2.49. The highest BCUT2D eigenvalue weighted by Gasteiger charge is 2.24. The van der Waals surface area contributed by atoms with Gasteiger partial charge in [0.1, 0.15) is 0 Å². The third kappa shape index (κ3) is 0.511. The van der Waals surface area contributed by atoms with Gasteiger partial charge in [-0.15, -0.1) is 0 Å². The highest BCUT2D eigenvalue weighted by molar-refractivity contribution is 5.16. The van der Waals surface area contributed by atoms with Crippen molar-refractivity contribution in [1.29, 1.82) is 0 Å². The molecule has 1 heteroatoms. The first-order chi connectivity index (χ1) is 3.97. The van der Waals surface area contributed by atoms with Gasteiger partial charge < -0.3 is 4.74 Å². The minimum Gasteiger partial charge on any atom is -0.370 e. The van der Waals surface area contributed by atoms with Crippen LogP contribution in [0, 0.1) is 0 Å². The quantitative estimate of drug-likeness (QED) is 0.429. The minimum absolute atomic E-state index is 0.537. The van der Waals surface area contributed by atoms with E-state index in [4.69, 9.17) is 4.74 Å². The molecule has 1 fully saturated rings. The smallest absolute Gasteiger partial charge is 0.0790 e. The fourth-order valence-corrected chi connectivity index (χ4v) is 1.53. The van der Waals surface area contributed by atoms with Gasteiger partial charge >= 0.3 is 0 Å². The third-order valence-electron chi connectivity index (χ3n) is 1.99. The standard InChI is InChI=1S/C7H10O/c1-2-6-4-5-8-7(6)3-1/h4,7H,1-3,5H2. The van der Waals surface area contributed by atoms with E-state index in [0.29, 0.717) is 6.10 Å². The molecule has 1 unspecified atom stereocenters. The molecular formula is C7H10O. The lowest BCUT2D eigenvalue weighted by Gasteiger charge is -2.01. The zero-order chi connectivity index (χ0) is 5.40. The number of ether oxygens (including phenoxy) is 1. The van der Waals surface area contributed by atoms with Crippen LogP contribution in [0.3, 0.4) is 0 Å². The maximum absolute atomic E-state index is 5.38. The van der Waals surface area contributed by atoms with Crippen LogP contribution in [0.25, 0.3) is 0 Å². The van der Waals surface area contributed by atoms with Gasteiger partial charge in [0.15, 0.2) is 0 Å². The van der Waals surface area contributed by atoms with Gasteiger partial charge in [0.25, 0.3) is 0 Å². The topological polar surface area (TPSA) is 9.23 Å². The van der Waals surface area contributed by atoms with Crippen molar-refractivity contribution in [2.45, 2.75) is 25.4 Å². The molecule has 1 aliphatic carbocycles. The molecule has 1 nitrogen and oxygen atoms in total. The number of hydrogen-bond donors (Lipinski definition) is 0. The SMILES string of the molecule is C1=C2CCCC2OC1. The van der Waals surface area contributed by atoms with Gasteiger partial charge in [0.2, 0.25) is 0 Å². The van der Waals surface area contributed by atoms with E-state index in [1.165, 1.54) is 19.3 Å². The number of hydrogen-bond acceptors (Lipinski definition) is 1. The molecular weight excluding hydrogens is 100 g/mol. The summed E-state index contributed by atoms with van der Waals surface area (Å²) in [6, 6.07) is 0. The Bertz CT molecular complexity index is 126. The van der Waals surface area contributed by atoms with Crippen LogP contribution in [0.4, 0.5) is 0 Å². The Labute approximate surface area is 49.3 Å². The predicted molar refractivity (Wildman–Crippen MR) is 31.7 cm³/mol. The summed E-state index contributed by atoms with van der Waals surface area (Å²) in [6.07, 6.45) is 6.68. The van der Waals surface area contributed by atoms with E-state index in [2.05, 4.69) is 6.08 Å². The van der Waals surface area contributed by atoms with Crippen molar-refractivity contribution in [2.24, 2.45) is 0 Å². The summed E-state index contributed by atoms with van der Waals surface area (Å²) in [5, 5.41) is 0. The first-order valence-electron chi connectivity index (χ1n) is 3.27. The van der Waals surface area contributed by atoms with E-state index in [1.54, 1.807) is 5.57 Å². The molecule has 1 heterocycles. The van der Waals surface area contributed by atoms with Crippen molar-refractivity contribution in [3.63, 3.8) is 0 Å². The summed E-state index contributed by atoms with van der Waals surface area (Å²) in [6.45, 7) is 0.875. The van der Waals surface area contributed by atoms with Gasteiger partial charge in [0, 0.05) is 0 Å². The minimum atomic E-state index is 0.537. The summed E-state index contributed by atoms with van der Waals surface area (Å²) in [7, 11) is 0. The van der Waals surface area contributed by atoms with Crippen molar-refractivity contribution >= 4 is 0 Å². The predicted octanol–water partition coefficient (Wildman–Crippen LogP) is 1.50. The summed E-state index contributed by atoms with van der Waals surface area (Å²) in [5.74, 6) is 0. The molecule has 2 aliphatic rings. The average Bonchev–Trinajstić information content (AvgIpc) is 2.15. The molecule has 1 aliphatic heterocycles. The van der Waals surface area contributed by atoms with Gasteiger partial charge in [-0.3, -0.25) is 0 Å². The number of rotatable bonds is 0. The lowest BCUT2D eigenvalue weighted by Crippen LogP contribution is -2.01. The molecule has 0 radical (unpaired) electrons. The zero-order valence-corrected chi connectivity index (χ0v) is 4.89. The molecule has 2 rings (SSSR count). The molecule has 0 aromatic heterocycles. The van der Waals surface area contributed by atoms with Crippen LogP contribution in [-0.4, -0.2) is 12.7 Å². The van der Waals surface area contributed by atoms with E-state index in [1.807, 2.05) is 0 Å². The van der Waals surface area contributed by atoms with Crippen LogP contribution in [0.2, 0.25) is 0 Å². The third-order valence-corrected chi connectivity index (χ3v) is 1.99. The number of fused-ring (bicyclic) bond motifs is 1. The molecule has 8 heavy (non-hydrogen) atoms. The second-order valence-electron chi connectivity index (χ2n) is 2.49. The maximum Gasteiger partial charge on any atom is 0.0790 e. The monoisotopic (exact) mass is 110 g/mol. The maximum atomic E-state index is 5.38. The van der Waals surface area contributed by atoms with Crippen LogP contribution in [0.15, 0.2) is 11.6 Å². The fourth-order valence-electron chi connectivity index (χ4n) is 1.53. The molecule has 0 bridgehead atoms. The molecule has 0 saturated heterocycles. The molecule has 0 aromatic rings. The molecule has 0 spiro atoms. The second kappa shape index (κ2) is 1.59. The Morgan fingerprint density at radius 3 is 3.50 bits per heavy atom. The lowest BCUT2D eigenvalue weighted by molar-refractivity contribution is 0.125. The van der Waals surface area contributed by atoms with Crippen LogP contribution in [0.5, 0.6) is 0 Å². The van der Waals surface area contributed by atoms with Gasteiger partial charge in [-0.25, -0.2) is 0 Å². The fraction of sp³-hybridized carbons (Fsp3) is 0.714. The van der Waals surface area contributed by atoms with E-state index in [9.17, 15) is 0 Å². The van der Waals surface area contributed by atoms with Crippen LogP contribution in [-0.2, 0) is 4.74 Å². The summed E-state index contributed by atoms with van der Waals surface area (Å²) in [5.41, 5.74) is 1.56. The van der Waals surface area contributed by atoms with E-state index in [-0.39, 0.29) is 0 Å². The van der Waals surface area contributed by atoms with Crippen molar-refractivity contribution in [1.82, 2.24) is 0 Å². The van der Waals surface area contributed by atoms with Crippen molar-refractivity contribution in [2.75, 3.05) is 6.61 Å². The Hall–Kier alpha value is -0.300. The largest absolute Gasteiger partial charge is 0.370 e. The van der Waals surface area contributed by atoms with Gasteiger partial charge in [-0.05, 0) is 24.8 Å². The van der Waals surface area contributed by atoms with Crippen LogP contribution >= 0.6 is 0 Å². The highest BCUT2D eigenvalue weighted by atomic mass is 16.5. The molecule has 1 saturated carbocycles. The Morgan fingerprint density at radius 1 is 1.62 bits per heavy atom. The highest BCUT2D eigenvalue weighted by Crippen LogP contribution is 2.30. The first kappa shape index (κ1) is 4.57. The Balaban J connectivity index is 2.20. The van der Waals surface area contributed by atoms with Crippen LogP contribution < -0.4 is 0 Å². The Kier molecular flexibility index (Phi) is 0.908. The molecule has 0 amide bonds. The van der Waals surface area contributed by atoms with Gasteiger partial charge in [-0.1, -0.05) is 6.08 Å². The summed E-state index contributed by atoms with van der Waals surface area (Å²) >= 11 is 0. The normalized spacial score (nSPS) is 35.0. The van der Waals surface area contributed by atoms with Crippen molar-refractivity contribution < 1.29 is 4.74 Å².